The quantitative estimate of drug-likeness (QED) is 0.897. The van der Waals surface area contributed by atoms with Crippen LogP contribution in [0.4, 0.5) is 4.79 Å². The molecular weight excluding hydrogens is 284 g/mol. The minimum atomic E-state index is -0.138. The number of rotatable bonds is 3. The highest BCUT2D eigenvalue weighted by Crippen LogP contribution is 2.11. The van der Waals surface area contributed by atoms with Gasteiger partial charge in [-0.1, -0.05) is 28.1 Å². The molecule has 1 atom stereocenters. The summed E-state index contributed by atoms with van der Waals surface area (Å²) in [4.78, 5) is 11.6. The number of urea groups is 1. The highest BCUT2D eigenvalue weighted by atomic mass is 79.9. The zero-order valence-corrected chi connectivity index (χ0v) is 11.0. The van der Waals surface area contributed by atoms with Crippen LogP contribution < -0.4 is 10.6 Å². The van der Waals surface area contributed by atoms with Crippen LogP contribution in [-0.4, -0.2) is 25.3 Å². The Morgan fingerprint density at radius 2 is 2.41 bits per heavy atom. The first-order valence-corrected chi connectivity index (χ1v) is 6.40. The molecule has 2 amide bonds. The summed E-state index contributed by atoms with van der Waals surface area (Å²) in [7, 11) is 0. The van der Waals surface area contributed by atoms with Crippen molar-refractivity contribution >= 4 is 22.0 Å². The van der Waals surface area contributed by atoms with Crippen molar-refractivity contribution in [2.75, 3.05) is 13.2 Å². The molecule has 0 spiro atoms. The van der Waals surface area contributed by atoms with E-state index in [1.165, 1.54) is 0 Å². The van der Waals surface area contributed by atoms with Crippen LogP contribution in [0.5, 0.6) is 0 Å². The van der Waals surface area contributed by atoms with Crippen LogP contribution in [0.2, 0.25) is 0 Å². The number of ether oxygens (including phenoxy) is 1. The minimum absolute atomic E-state index is 0.138. The molecular formula is C12H15BrN2O2. The van der Waals surface area contributed by atoms with Crippen LogP contribution in [0.3, 0.4) is 0 Å². The Kier molecular flexibility index (Phi) is 4.39. The van der Waals surface area contributed by atoms with Crippen LogP contribution in [0.1, 0.15) is 12.0 Å². The number of nitrogens with one attached hydrogen (secondary N) is 2. The summed E-state index contributed by atoms with van der Waals surface area (Å²) < 4.78 is 6.20. The first-order chi connectivity index (χ1) is 8.24. The van der Waals surface area contributed by atoms with Gasteiger partial charge >= 0.3 is 6.03 Å². The van der Waals surface area contributed by atoms with Gasteiger partial charge in [0.15, 0.2) is 0 Å². The van der Waals surface area contributed by atoms with Gasteiger partial charge in [0.25, 0.3) is 0 Å². The van der Waals surface area contributed by atoms with Gasteiger partial charge in [-0.25, -0.2) is 4.79 Å². The number of amides is 2. The molecule has 92 valence electrons. The van der Waals surface area contributed by atoms with Crippen molar-refractivity contribution in [2.45, 2.75) is 19.0 Å². The van der Waals surface area contributed by atoms with Crippen LogP contribution in [0, 0.1) is 0 Å². The van der Waals surface area contributed by atoms with E-state index in [1.807, 2.05) is 24.3 Å². The Morgan fingerprint density at radius 1 is 1.53 bits per heavy atom. The van der Waals surface area contributed by atoms with Crippen molar-refractivity contribution in [1.82, 2.24) is 10.6 Å². The molecule has 1 aliphatic rings. The number of halogens is 1. The summed E-state index contributed by atoms with van der Waals surface area (Å²) in [5, 5.41) is 5.70. The molecule has 2 rings (SSSR count). The van der Waals surface area contributed by atoms with E-state index in [1.54, 1.807) is 0 Å². The topological polar surface area (TPSA) is 50.4 Å². The van der Waals surface area contributed by atoms with E-state index in [2.05, 4.69) is 26.6 Å². The van der Waals surface area contributed by atoms with Crippen LogP contribution in [-0.2, 0) is 11.3 Å². The summed E-state index contributed by atoms with van der Waals surface area (Å²) in [5.74, 6) is 0. The first kappa shape index (κ1) is 12.4. The lowest BCUT2D eigenvalue weighted by Crippen LogP contribution is -2.42. The molecule has 1 aromatic carbocycles. The highest BCUT2D eigenvalue weighted by Gasteiger charge is 2.17. The normalized spacial score (nSPS) is 19.0. The first-order valence-electron chi connectivity index (χ1n) is 5.60. The molecule has 4 nitrogen and oxygen atoms in total. The van der Waals surface area contributed by atoms with Crippen LogP contribution in [0.25, 0.3) is 0 Å². The molecule has 1 unspecified atom stereocenters. The molecule has 1 heterocycles. The van der Waals surface area contributed by atoms with Crippen molar-refractivity contribution in [3.05, 3.63) is 34.3 Å². The Bertz CT molecular complexity index is 392. The lowest BCUT2D eigenvalue weighted by molar-refractivity contribution is 0.188. The van der Waals surface area contributed by atoms with E-state index in [0.717, 1.165) is 23.1 Å². The van der Waals surface area contributed by atoms with Gasteiger partial charge in [0, 0.05) is 17.6 Å². The maximum atomic E-state index is 11.6. The van der Waals surface area contributed by atoms with Crippen molar-refractivity contribution < 1.29 is 9.53 Å². The van der Waals surface area contributed by atoms with E-state index in [-0.39, 0.29) is 12.1 Å². The van der Waals surface area contributed by atoms with E-state index >= 15 is 0 Å². The van der Waals surface area contributed by atoms with E-state index in [9.17, 15) is 4.79 Å². The fourth-order valence-electron chi connectivity index (χ4n) is 1.71. The van der Waals surface area contributed by atoms with E-state index in [4.69, 9.17) is 4.74 Å². The summed E-state index contributed by atoms with van der Waals surface area (Å²) in [6.07, 6.45) is 0.893. The Balaban J connectivity index is 1.75. The standard InChI is InChI=1S/C12H15BrN2O2/c13-10-3-1-2-9(6-10)7-14-12(16)15-11-4-5-17-8-11/h1-3,6,11H,4-5,7-8H2,(H2,14,15,16). The average molecular weight is 299 g/mol. The van der Waals surface area contributed by atoms with Gasteiger partial charge in [-0.3, -0.25) is 0 Å². The molecule has 1 aromatic rings. The van der Waals surface area contributed by atoms with Crippen molar-refractivity contribution in [3.8, 4) is 0 Å². The molecule has 17 heavy (non-hydrogen) atoms. The molecule has 0 bridgehead atoms. The minimum Gasteiger partial charge on any atom is -0.379 e. The van der Waals surface area contributed by atoms with E-state index < -0.39 is 0 Å². The molecule has 0 aliphatic carbocycles. The molecule has 0 radical (unpaired) electrons. The Hall–Kier alpha value is -1.07. The Morgan fingerprint density at radius 3 is 3.12 bits per heavy atom. The van der Waals surface area contributed by atoms with Crippen molar-refractivity contribution in [2.24, 2.45) is 0 Å². The van der Waals surface area contributed by atoms with Crippen molar-refractivity contribution in [1.29, 1.82) is 0 Å². The summed E-state index contributed by atoms with van der Waals surface area (Å²) >= 11 is 3.40. The van der Waals surface area contributed by atoms with Gasteiger partial charge in [0.1, 0.15) is 0 Å². The number of hydrogen-bond acceptors (Lipinski definition) is 2. The third-order valence-corrected chi connectivity index (χ3v) is 3.10. The molecule has 0 aromatic heterocycles. The third kappa shape index (κ3) is 4.02. The van der Waals surface area contributed by atoms with Gasteiger partial charge in [0.05, 0.1) is 12.6 Å². The van der Waals surface area contributed by atoms with Gasteiger partial charge in [-0.05, 0) is 24.1 Å². The zero-order valence-electron chi connectivity index (χ0n) is 9.41. The largest absolute Gasteiger partial charge is 0.379 e. The number of carbonyl (C=O) groups excluding carboxylic acids is 1. The zero-order chi connectivity index (χ0) is 12.1. The maximum Gasteiger partial charge on any atom is 0.315 e. The maximum absolute atomic E-state index is 11.6. The van der Waals surface area contributed by atoms with Gasteiger partial charge in [0.2, 0.25) is 0 Å². The summed E-state index contributed by atoms with van der Waals surface area (Å²) in [6, 6.07) is 7.88. The van der Waals surface area contributed by atoms with E-state index in [0.29, 0.717) is 13.2 Å². The fourth-order valence-corrected chi connectivity index (χ4v) is 2.16. The second-order valence-electron chi connectivity index (χ2n) is 4.02. The van der Waals surface area contributed by atoms with Crippen molar-refractivity contribution in [3.63, 3.8) is 0 Å². The highest BCUT2D eigenvalue weighted by molar-refractivity contribution is 9.10. The second-order valence-corrected chi connectivity index (χ2v) is 4.93. The predicted molar refractivity (Wildman–Crippen MR) is 68.7 cm³/mol. The summed E-state index contributed by atoms with van der Waals surface area (Å²) in [5.41, 5.74) is 1.07. The molecule has 1 fully saturated rings. The molecule has 0 saturated carbocycles. The monoisotopic (exact) mass is 298 g/mol. The van der Waals surface area contributed by atoms with Crippen LogP contribution in [0.15, 0.2) is 28.7 Å². The molecule has 1 saturated heterocycles. The van der Waals surface area contributed by atoms with Gasteiger partial charge < -0.3 is 15.4 Å². The lowest BCUT2D eigenvalue weighted by atomic mass is 10.2. The summed E-state index contributed by atoms with van der Waals surface area (Å²) in [6.45, 7) is 1.87. The third-order valence-electron chi connectivity index (χ3n) is 2.61. The smallest absolute Gasteiger partial charge is 0.315 e. The fraction of sp³-hybridized carbons (Fsp3) is 0.417. The van der Waals surface area contributed by atoms with Gasteiger partial charge in [-0.2, -0.15) is 0 Å². The molecule has 5 heteroatoms. The van der Waals surface area contributed by atoms with Crippen LogP contribution >= 0.6 is 15.9 Å². The average Bonchev–Trinajstić information content (AvgIpc) is 2.79. The molecule has 1 aliphatic heterocycles. The number of benzene rings is 1. The second kappa shape index (κ2) is 6.02. The lowest BCUT2D eigenvalue weighted by Gasteiger charge is -2.11. The molecule has 2 N–H and O–H groups in total. The number of carbonyl (C=O) groups is 1. The SMILES string of the molecule is O=C(NCc1cccc(Br)c1)NC1CCOC1. The predicted octanol–water partition coefficient (Wildman–Crippen LogP) is 2.04. The number of hydrogen-bond donors (Lipinski definition) is 2. The Labute approximate surface area is 109 Å². The van der Waals surface area contributed by atoms with Gasteiger partial charge in [-0.15, -0.1) is 0 Å².